The summed E-state index contributed by atoms with van der Waals surface area (Å²) in [7, 11) is 1.40. The predicted molar refractivity (Wildman–Crippen MR) is 67.6 cm³/mol. The number of aliphatic hydroxyl groups is 1. The molecule has 0 aliphatic heterocycles. The van der Waals surface area contributed by atoms with Gasteiger partial charge in [0, 0.05) is 0 Å². The second-order valence-corrected chi connectivity index (χ2v) is 5.32. The monoisotopic (exact) mass is 242 g/mol. The molecule has 0 amide bonds. The van der Waals surface area contributed by atoms with Gasteiger partial charge in [-0.25, -0.2) is 0 Å². The third-order valence-corrected chi connectivity index (χ3v) is 4.21. The first kappa shape index (κ1) is 14.5. The summed E-state index contributed by atoms with van der Waals surface area (Å²) in [5.41, 5.74) is -0.827. The van der Waals surface area contributed by atoms with Gasteiger partial charge in [-0.05, 0) is 38.0 Å². The summed E-state index contributed by atoms with van der Waals surface area (Å²) in [6, 6.07) is 0. The van der Waals surface area contributed by atoms with E-state index in [1.165, 1.54) is 20.0 Å². The zero-order valence-electron chi connectivity index (χ0n) is 11.4. The lowest BCUT2D eigenvalue weighted by molar-refractivity contribution is -0.159. The summed E-state index contributed by atoms with van der Waals surface area (Å²) < 4.78 is 4.80. The van der Waals surface area contributed by atoms with E-state index in [0.29, 0.717) is 6.42 Å². The van der Waals surface area contributed by atoms with Gasteiger partial charge >= 0.3 is 5.97 Å². The van der Waals surface area contributed by atoms with Gasteiger partial charge < -0.3 is 9.84 Å². The number of hydrogen-bond acceptors (Lipinski definition) is 3. The fourth-order valence-corrected chi connectivity index (χ4v) is 3.13. The molecule has 3 heteroatoms. The van der Waals surface area contributed by atoms with Crippen LogP contribution in [0, 0.1) is 11.8 Å². The van der Waals surface area contributed by atoms with Gasteiger partial charge in [-0.2, -0.15) is 0 Å². The molecule has 0 aromatic carbocycles. The predicted octanol–water partition coefficient (Wildman–Crippen LogP) is 2.91. The minimum Gasteiger partial charge on any atom is -0.469 e. The van der Waals surface area contributed by atoms with E-state index in [9.17, 15) is 9.90 Å². The fraction of sp³-hybridized carbons (Fsp3) is 0.929. The topological polar surface area (TPSA) is 46.5 Å². The molecular weight excluding hydrogens is 216 g/mol. The fourth-order valence-electron chi connectivity index (χ4n) is 3.13. The number of rotatable bonds is 5. The number of carbonyl (C=O) groups excluding carboxylic acids is 1. The van der Waals surface area contributed by atoms with E-state index in [1.807, 2.05) is 6.92 Å². The van der Waals surface area contributed by atoms with Crippen LogP contribution in [0.3, 0.4) is 0 Å². The number of ether oxygens (including phenoxy) is 1. The molecule has 1 rings (SSSR count). The highest BCUT2D eigenvalue weighted by Crippen LogP contribution is 2.40. The number of methoxy groups -OCH3 is 1. The normalized spacial score (nSPS) is 30.9. The first-order valence-electron chi connectivity index (χ1n) is 6.87. The summed E-state index contributed by atoms with van der Waals surface area (Å²) >= 11 is 0. The minimum atomic E-state index is -0.827. The van der Waals surface area contributed by atoms with Crippen molar-refractivity contribution >= 4 is 5.97 Å². The van der Waals surface area contributed by atoms with Crippen LogP contribution in [-0.4, -0.2) is 23.8 Å². The van der Waals surface area contributed by atoms with Crippen LogP contribution in [0.5, 0.6) is 0 Å². The molecule has 0 radical (unpaired) electrons. The van der Waals surface area contributed by atoms with Crippen molar-refractivity contribution < 1.29 is 14.6 Å². The molecule has 0 bridgehead atoms. The maximum Gasteiger partial charge on any atom is 0.311 e. The summed E-state index contributed by atoms with van der Waals surface area (Å²) in [6.07, 6.45) is 6.66. The van der Waals surface area contributed by atoms with Gasteiger partial charge in [0.05, 0.1) is 18.6 Å². The summed E-state index contributed by atoms with van der Waals surface area (Å²) in [4.78, 5) is 11.7. The third-order valence-electron chi connectivity index (χ3n) is 4.21. The molecule has 1 N–H and O–H groups in total. The molecule has 17 heavy (non-hydrogen) atoms. The molecule has 100 valence electrons. The van der Waals surface area contributed by atoms with E-state index in [4.69, 9.17) is 4.74 Å². The van der Waals surface area contributed by atoms with Crippen LogP contribution >= 0.6 is 0 Å². The second kappa shape index (κ2) is 6.39. The SMILES string of the molecule is CCCC1CCC(O)(C(CC)C(=O)OC)CC1. The van der Waals surface area contributed by atoms with Gasteiger partial charge in [0.1, 0.15) is 0 Å². The Hall–Kier alpha value is -0.570. The van der Waals surface area contributed by atoms with E-state index in [2.05, 4.69) is 6.92 Å². The zero-order chi connectivity index (χ0) is 12.9. The van der Waals surface area contributed by atoms with E-state index >= 15 is 0 Å². The molecule has 1 fully saturated rings. The van der Waals surface area contributed by atoms with Crippen LogP contribution in [-0.2, 0) is 9.53 Å². The standard InChI is InChI=1S/C14H26O3/c1-4-6-11-7-9-14(16,10-8-11)12(5-2)13(15)17-3/h11-12,16H,4-10H2,1-3H3. The second-order valence-electron chi connectivity index (χ2n) is 5.32. The zero-order valence-corrected chi connectivity index (χ0v) is 11.4. The van der Waals surface area contributed by atoms with Crippen molar-refractivity contribution in [3.63, 3.8) is 0 Å². The first-order chi connectivity index (χ1) is 8.07. The average Bonchev–Trinajstić information content (AvgIpc) is 2.33. The number of esters is 1. The van der Waals surface area contributed by atoms with E-state index in [1.54, 1.807) is 0 Å². The third kappa shape index (κ3) is 3.44. The lowest BCUT2D eigenvalue weighted by atomic mass is 9.70. The van der Waals surface area contributed by atoms with Crippen molar-refractivity contribution in [1.82, 2.24) is 0 Å². The van der Waals surface area contributed by atoms with Gasteiger partial charge in [-0.3, -0.25) is 4.79 Å². The molecule has 1 aliphatic carbocycles. The Balaban J connectivity index is 2.60. The Morgan fingerprint density at radius 1 is 1.41 bits per heavy atom. The van der Waals surface area contributed by atoms with Gasteiger partial charge in [0.25, 0.3) is 0 Å². The highest BCUT2D eigenvalue weighted by molar-refractivity contribution is 5.73. The van der Waals surface area contributed by atoms with Crippen LogP contribution < -0.4 is 0 Å². The molecule has 1 aliphatic rings. The maximum atomic E-state index is 11.7. The van der Waals surface area contributed by atoms with Crippen LogP contribution in [0.2, 0.25) is 0 Å². The average molecular weight is 242 g/mol. The lowest BCUT2D eigenvalue weighted by Crippen LogP contribution is -2.45. The molecule has 1 unspecified atom stereocenters. The highest BCUT2D eigenvalue weighted by Gasteiger charge is 2.43. The molecule has 0 saturated heterocycles. The van der Waals surface area contributed by atoms with Crippen LogP contribution in [0.15, 0.2) is 0 Å². The van der Waals surface area contributed by atoms with Crippen molar-refractivity contribution in [2.24, 2.45) is 11.8 Å². The largest absolute Gasteiger partial charge is 0.469 e. The summed E-state index contributed by atoms with van der Waals surface area (Å²) in [5, 5.41) is 10.6. The molecule has 0 aromatic heterocycles. The smallest absolute Gasteiger partial charge is 0.311 e. The maximum absolute atomic E-state index is 11.7. The first-order valence-corrected chi connectivity index (χ1v) is 6.87. The van der Waals surface area contributed by atoms with Crippen LogP contribution in [0.4, 0.5) is 0 Å². The van der Waals surface area contributed by atoms with Gasteiger partial charge in [0.15, 0.2) is 0 Å². The van der Waals surface area contributed by atoms with Crippen molar-refractivity contribution in [2.45, 2.75) is 64.4 Å². The minimum absolute atomic E-state index is 0.260. The van der Waals surface area contributed by atoms with E-state index < -0.39 is 5.60 Å². The van der Waals surface area contributed by atoms with Gasteiger partial charge in [0.2, 0.25) is 0 Å². The lowest BCUT2D eigenvalue weighted by Gasteiger charge is -2.40. The van der Waals surface area contributed by atoms with Crippen molar-refractivity contribution in [2.75, 3.05) is 7.11 Å². The van der Waals surface area contributed by atoms with Crippen LogP contribution in [0.25, 0.3) is 0 Å². The molecule has 0 heterocycles. The molecule has 3 nitrogen and oxygen atoms in total. The quantitative estimate of drug-likeness (QED) is 0.754. The Morgan fingerprint density at radius 3 is 2.41 bits per heavy atom. The molecule has 1 atom stereocenters. The van der Waals surface area contributed by atoms with Crippen molar-refractivity contribution in [1.29, 1.82) is 0 Å². The summed E-state index contributed by atoms with van der Waals surface area (Å²) in [5.74, 6) is 0.120. The van der Waals surface area contributed by atoms with Gasteiger partial charge in [-0.1, -0.05) is 26.7 Å². The Morgan fingerprint density at radius 2 is 2.00 bits per heavy atom. The van der Waals surface area contributed by atoms with Crippen molar-refractivity contribution in [3.05, 3.63) is 0 Å². The van der Waals surface area contributed by atoms with Crippen molar-refractivity contribution in [3.8, 4) is 0 Å². The Kier molecular flexibility index (Phi) is 5.44. The Labute approximate surface area is 105 Å². The Bertz CT molecular complexity index is 242. The molecule has 0 aromatic rings. The molecule has 0 spiro atoms. The molecule has 1 saturated carbocycles. The summed E-state index contributed by atoms with van der Waals surface area (Å²) in [6.45, 7) is 4.14. The van der Waals surface area contributed by atoms with Gasteiger partial charge in [-0.15, -0.1) is 0 Å². The van der Waals surface area contributed by atoms with E-state index in [-0.39, 0.29) is 11.9 Å². The number of hydrogen-bond donors (Lipinski definition) is 1. The molecular formula is C14H26O3. The van der Waals surface area contributed by atoms with Crippen LogP contribution in [0.1, 0.15) is 58.8 Å². The number of carbonyl (C=O) groups is 1. The van der Waals surface area contributed by atoms with E-state index in [0.717, 1.165) is 31.6 Å². The highest BCUT2D eigenvalue weighted by atomic mass is 16.5.